The summed E-state index contributed by atoms with van der Waals surface area (Å²) in [6.45, 7) is 4.51. The van der Waals surface area contributed by atoms with Crippen molar-refractivity contribution in [3.63, 3.8) is 0 Å². The molecular weight excluding hydrogens is 242 g/mol. The van der Waals surface area contributed by atoms with Crippen molar-refractivity contribution in [3.8, 4) is 0 Å². The summed E-state index contributed by atoms with van der Waals surface area (Å²) >= 11 is 3.47. The first kappa shape index (κ1) is 11.7. The fraction of sp³-hybridized carbons (Fsp3) is 0.455. The molecule has 0 fully saturated rings. The molecule has 2 nitrogen and oxygen atoms in total. The fourth-order valence-corrected chi connectivity index (χ4v) is 1.62. The SMILES string of the molecule is Cc1ccc(C(C)(CN)CO)cc1Br. The van der Waals surface area contributed by atoms with E-state index in [-0.39, 0.29) is 12.0 Å². The van der Waals surface area contributed by atoms with Crippen LogP contribution in [0.5, 0.6) is 0 Å². The summed E-state index contributed by atoms with van der Waals surface area (Å²) in [5.74, 6) is 0. The van der Waals surface area contributed by atoms with E-state index in [2.05, 4.69) is 15.9 Å². The monoisotopic (exact) mass is 257 g/mol. The number of hydrogen-bond donors (Lipinski definition) is 2. The van der Waals surface area contributed by atoms with Gasteiger partial charge in [0.15, 0.2) is 0 Å². The quantitative estimate of drug-likeness (QED) is 0.870. The zero-order chi connectivity index (χ0) is 10.8. The molecule has 0 spiro atoms. The van der Waals surface area contributed by atoms with E-state index in [1.807, 2.05) is 32.0 Å². The van der Waals surface area contributed by atoms with Crippen LogP contribution in [0.3, 0.4) is 0 Å². The number of rotatable bonds is 3. The van der Waals surface area contributed by atoms with Crippen LogP contribution in [0.1, 0.15) is 18.1 Å². The molecular formula is C11H16BrNO. The van der Waals surface area contributed by atoms with E-state index in [9.17, 15) is 5.11 Å². The Labute approximate surface area is 93.3 Å². The van der Waals surface area contributed by atoms with Crippen molar-refractivity contribution in [2.75, 3.05) is 13.2 Å². The topological polar surface area (TPSA) is 46.2 Å². The minimum atomic E-state index is -0.337. The molecule has 0 saturated heterocycles. The van der Waals surface area contributed by atoms with Crippen molar-refractivity contribution in [2.24, 2.45) is 5.73 Å². The molecule has 0 aliphatic carbocycles. The summed E-state index contributed by atoms with van der Waals surface area (Å²) in [5, 5.41) is 9.30. The Kier molecular flexibility index (Phi) is 3.70. The largest absolute Gasteiger partial charge is 0.395 e. The Bertz CT molecular complexity index is 321. The van der Waals surface area contributed by atoms with Crippen LogP contribution in [0.15, 0.2) is 22.7 Å². The molecule has 0 heterocycles. The predicted octanol–water partition coefficient (Wildman–Crippen LogP) is 1.97. The van der Waals surface area contributed by atoms with Crippen molar-refractivity contribution < 1.29 is 5.11 Å². The van der Waals surface area contributed by atoms with Crippen LogP contribution in [0.2, 0.25) is 0 Å². The molecule has 0 bridgehead atoms. The van der Waals surface area contributed by atoms with Crippen LogP contribution < -0.4 is 5.73 Å². The summed E-state index contributed by atoms with van der Waals surface area (Å²) in [7, 11) is 0. The molecule has 0 amide bonds. The molecule has 1 atom stereocenters. The van der Waals surface area contributed by atoms with Crippen LogP contribution in [0, 0.1) is 6.92 Å². The Balaban J connectivity index is 3.12. The molecule has 78 valence electrons. The lowest BCUT2D eigenvalue weighted by atomic mass is 9.83. The lowest BCUT2D eigenvalue weighted by Gasteiger charge is -2.26. The fourth-order valence-electron chi connectivity index (χ4n) is 1.24. The van der Waals surface area contributed by atoms with E-state index in [1.165, 1.54) is 5.56 Å². The maximum absolute atomic E-state index is 9.30. The van der Waals surface area contributed by atoms with Gasteiger partial charge in [0.1, 0.15) is 0 Å². The molecule has 0 radical (unpaired) electrons. The minimum Gasteiger partial charge on any atom is -0.395 e. The number of aliphatic hydroxyl groups is 1. The van der Waals surface area contributed by atoms with Crippen molar-refractivity contribution in [1.29, 1.82) is 0 Å². The van der Waals surface area contributed by atoms with Crippen LogP contribution in [-0.4, -0.2) is 18.3 Å². The van der Waals surface area contributed by atoms with Gasteiger partial charge in [0.25, 0.3) is 0 Å². The highest BCUT2D eigenvalue weighted by Gasteiger charge is 2.24. The Morgan fingerprint density at radius 2 is 2.14 bits per heavy atom. The van der Waals surface area contributed by atoms with E-state index in [4.69, 9.17) is 5.73 Å². The molecule has 0 saturated carbocycles. The van der Waals surface area contributed by atoms with Gasteiger partial charge in [0.2, 0.25) is 0 Å². The first-order valence-corrected chi connectivity index (χ1v) is 5.40. The number of aliphatic hydroxyl groups excluding tert-OH is 1. The second kappa shape index (κ2) is 4.43. The zero-order valence-electron chi connectivity index (χ0n) is 8.55. The molecule has 14 heavy (non-hydrogen) atoms. The average molecular weight is 258 g/mol. The Morgan fingerprint density at radius 3 is 2.57 bits per heavy atom. The third-order valence-electron chi connectivity index (χ3n) is 2.67. The van der Waals surface area contributed by atoms with Gasteiger partial charge in [-0.25, -0.2) is 0 Å². The van der Waals surface area contributed by atoms with E-state index in [0.717, 1.165) is 10.0 Å². The normalized spacial score (nSPS) is 15.2. The van der Waals surface area contributed by atoms with Crippen LogP contribution in [0.25, 0.3) is 0 Å². The highest BCUT2D eigenvalue weighted by atomic mass is 79.9. The maximum atomic E-state index is 9.30. The van der Waals surface area contributed by atoms with Gasteiger partial charge in [0, 0.05) is 16.4 Å². The number of aryl methyl sites for hydroxylation is 1. The van der Waals surface area contributed by atoms with Gasteiger partial charge in [-0.05, 0) is 24.1 Å². The summed E-state index contributed by atoms with van der Waals surface area (Å²) in [4.78, 5) is 0. The number of halogens is 1. The van der Waals surface area contributed by atoms with Gasteiger partial charge in [-0.15, -0.1) is 0 Å². The van der Waals surface area contributed by atoms with Crippen molar-refractivity contribution in [2.45, 2.75) is 19.3 Å². The van der Waals surface area contributed by atoms with E-state index in [0.29, 0.717) is 6.54 Å². The maximum Gasteiger partial charge on any atom is 0.0537 e. The van der Waals surface area contributed by atoms with Crippen LogP contribution in [-0.2, 0) is 5.41 Å². The summed E-state index contributed by atoms with van der Waals surface area (Å²) < 4.78 is 1.06. The van der Waals surface area contributed by atoms with E-state index in [1.54, 1.807) is 0 Å². The van der Waals surface area contributed by atoms with Crippen molar-refractivity contribution >= 4 is 15.9 Å². The lowest BCUT2D eigenvalue weighted by Crippen LogP contribution is -2.35. The minimum absolute atomic E-state index is 0.0685. The first-order valence-electron chi connectivity index (χ1n) is 4.61. The Hall–Kier alpha value is -0.380. The molecule has 0 aliphatic heterocycles. The summed E-state index contributed by atoms with van der Waals surface area (Å²) in [5.41, 5.74) is 7.58. The van der Waals surface area contributed by atoms with Gasteiger partial charge in [-0.1, -0.05) is 35.0 Å². The molecule has 3 N–H and O–H groups in total. The highest BCUT2D eigenvalue weighted by Crippen LogP contribution is 2.26. The van der Waals surface area contributed by atoms with Crippen molar-refractivity contribution in [1.82, 2.24) is 0 Å². The van der Waals surface area contributed by atoms with Gasteiger partial charge in [-0.2, -0.15) is 0 Å². The van der Waals surface area contributed by atoms with Gasteiger partial charge >= 0.3 is 0 Å². The number of nitrogens with two attached hydrogens (primary N) is 1. The standard InChI is InChI=1S/C11H16BrNO/c1-8-3-4-9(5-10(8)12)11(2,6-13)7-14/h3-5,14H,6-7,13H2,1-2H3. The molecule has 1 unspecified atom stereocenters. The Morgan fingerprint density at radius 1 is 1.50 bits per heavy atom. The van der Waals surface area contributed by atoms with Gasteiger partial charge in [-0.3, -0.25) is 0 Å². The lowest BCUT2D eigenvalue weighted by molar-refractivity contribution is 0.210. The van der Waals surface area contributed by atoms with Crippen molar-refractivity contribution in [3.05, 3.63) is 33.8 Å². The molecule has 1 rings (SSSR count). The predicted molar refractivity (Wildman–Crippen MR) is 62.4 cm³/mol. The molecule has 1 aromatic carbocycles. The third-order valence-corrected chi connectivity index (χ3v) is 3.52. The number of benzene rings is 1. The molecule has 1 aromatic rings. The van der Waals surface area contributed by atoms with E-state index < -0.39 is 0 Å². The van der Waals surface area contributed by atoms with Crippen LogP contribution in [0.4, 0.5) is 0 Å². The summed E-state index contributed by atoms with van der Waals surface area (Å²) in [6, 6.07) is 6.07. The van der Waals surface area contributed by atoms with E-state index >= 15 is 0 Å². The summed E-state index contributed by atoms with van der Waals surface area (Å²) in [6.07, 6.45) is 0. The van der Waals surface area contributed by atoms with Gasteiger partial charge in [0.05, 0.1) is 6.61 Å². The first-order chi connectivity index (χ1) is 6.53. The van der Waals surface area contributed by atoms with Gasteiger partial charge < -0.3 is 10.8 Å². The second-order valence-electron chi connectivity index (χ2n) is 3.89. The smallest absolute Gasteiger partial charge is 0.0537 e. The third kappa shape index (κ3) is 2.16. The highest BCUT2D eigenvalue weighted by molar-refractivity contribution is 9.10. The second-order valence-corrected chi connectivity index (χ2v) is 4.74. The zero-order valence-corrected chi connectivity index (χ0v) is 10.1. The number of hydrogen-bond acceptors (Lipinski definition) is 2. The molecule has 0 aliphatic rings. The van der Waals surface area contributed by atoms with Crippen LogP contribution >= 0.6 is 15.9 Å². The average Bonchev–Trinajstić information content (AvgIpc) is 2.21. The molecule has 0 aromatic heterocycles. The molecule has 3 heteroatoms.